The molecule has 0 bridgehead atoms. The molecule has 1 aromatic rings. The third kappa shape index (κ3) is 3.87. The fourth-order valence-electron chi connectivity index (χ4n) is 2.55. The molecule has 1 aliphatic heterocycles. The minimum atomic E-state index is -4.32. The Hall–Kier alpha value is -0.780. The first kappa shape index (κ1) is 15.6. The van der Waals surface area contributed by atoms with E-state index in [2.05, 4.69) is 10.2 Å². The Labute approximate surface area is 121 Å². The number of likely N-dealkylation sites (tertiary alicyclic amines) is 1. The van der Waals surface area contributed by atoms with E-state index < -0.39 is 11.7 Å². The summed E-state index contributed by atoms with van der Waals surface area (Å²) < 4.78 is 38.2. The largest absolute Gasteiger partial charge is 0.416 e. The standard InChI is InChI=1S/C14H18ClF3N2/c1-19-12-3-2-6-20(9-12)8-10-7-11(14(16,17)18)4-5-13(10)15/h4-5,7,12,19H,2-3,6,8-9H2,1H3. The number of rotatable bonds is 3. The van der Waals surface area contributed by atoms with E-state index in [1.165, 1.54) is 6.07 Å². The fraction of sp³-hybridized carbons (Fsp3) is 0.571. The Balaban J connectivity index is 2.12. The predicted molar refractivity (Wildman–Crippen MR) is 73.8 cm³/mol. The van der Waals surface area contributed by atoms with E-state index in [1.807, 2.05) is 7.05 Å². The Morgan fingerprint density at radius 2 is 2.15 bits per heavy atom. The van der Waals surface area contributed by atoms with Gasteiger partial charge < -0.3 is 5.32 Å². The van der Waals surface area contributed by atoms with Gasteiger partial charge in [-0.2, -0.15) is 13.2 Å². The summed E-state index contributed by atoms with van der Waals surface area (Å²) in [4.78, 5) is 2.14. The minimum absolute atomic E-state index is 0.393. The summed E-state index contributed by atoms with van der Waals surface area (Å²) in [6.45, 7) is 2.19. The van der Waals surface area contributed by atoms with E-state index >= 15 is 0 Å². The molecule has 20 heavy (non-hydrogen) atoms. The lowest BCUT2D eigenvalue weighted by molar-refractivity contribution is -0.137. The smallest absolute Gasteiger partial charge is 0.316 e. The van der Waals surface area contributed by atoms with Crippen molar-refractivity contribution in [3.63, 3.8) is 0 Å². The summed E-state index contributed by atoms with van der Waals surface area (Å²) in [5.41, 5.74) is -0.0997. The second-order valence-electron chi connectivity index (χ2n) is 5.17. The number of hydrogen-bond acceptors (Lipinski definition) is 2. The van der Waals surface area contributed by atoms with Gasteiger partial charge in [0, 0.05) is 24.2 Å². The third-order valence-corrected chi connectivity index (χ3v) is 4.05. The second kappa shape index (κ2) is 6.33. The molecule has 6 heteroatoms. The van der Waals surface area contributed by atoms with Crippen molar-refractivity contribution >= 4 is 11.6 Å². The Morgan fingerprint density at radius 1 is 1.40 bits per heavy atom. The van der Waals surface area contributed by atoms with E-state index in [-0.39, 0.29) is 0 Å². The molecule has 1 aliphatic rings. The van der Waals surface area contributed by atoms with Gasteiger partial charge >= 0.3 is 6.18 Å². The van der Waals surface area contributed by atoms with Gasteiger partial charge in [0.25, 0.3) is 0 Å². The third-order valence-electron chi connectivity index (χ3n) is 3.68. The number of alkyl halides is 3. The topological polar surface area (TPSA) is 15.3 Å². The quantitative estimate of drug-likeness (QED) is 0.919. The van der Waals surface area contributed by atoms with Gasteiger partial charge in [-0.25, -0.2) is 0 Å². The van der Waals surface area contributed by atoms with Gasteiger partial charge in [-0.3, -0.25) is 4.90 Å². The molecule has 0 amide bonds. The van der Waals surface area contributed by atoms with E-state index in [1.54, 1.807) is 0 Å². The number of benzene rings is 1. The number of hydrogen-bond donors (Lipinski definition) is 1. The van der Waals surface area contributed by atoms with Crippen LogP contribution in [0.15, 0.2) is 18.2 Å². The zero-order chi connectivity index (χ0) is 14.8. The lowest BCUT2D eigenvalue weighted by Gasteiger charge is -2.32. The van der Waals surface area contributed by atoms with Crippen molar-refractivity contribution in [1.29, 1.82) is 0 Å². The summed E-state index contributed by atoms with van der Waals surface area (Å²) in [7, 11) is 1.91. The summed E-state index contributed by atoms with van der Waals surface area (Å²) in [6.07, 6.45) is -2.18. The Kier molecular flexibility index (Phi) is 4.94. The Morgan fingerprint density at radius 3 is 2.80 bits per heavy atom. The molecule has 0 saturated carbocycles. The average molecular weight is 307 g/mol. The molecule has 1 aromatic carbocycles. The highest BCUT2D eigenvalue weighted by atomic mass is 35.5. The van der Waals surface area contributed by atoms with Crippen LogP contribution < -0.4 is 5.32 Å². The number of nitrogens with zero attached hydrogens (tertiary/aromatic N) is 1. The zero-order valence-corrected chi connectivity index (χ0v) is 12.1. The SMILES string of the molecule is CNC1CCCN(Cc2cc(C(F)(F)F)ccc2Cl)C1. The molecular weight excluding hydrogens is 289 g/mol. The maximum Gasteiger partial charge on any atom is 0.416 e. The van der Waals surface area contributed by atoms with Crippen molar-refractivity contribution in [2.24, 2.45) is 0 Å². The minimum Gasteiger partial charge on any atom is -0.316 e. The monoisotopic (exact) mass is 306 g/mol. The molecular formula is C14H18ClF3N2. The molecule has 1 fully saturated rings. The number of nitrogens with one attached hydrogen (secondary N) is 1. The number of piperidine rings is 1. The first-order valence-corrected chi connectivity index (χ1v) is 7.03. The van der Waals surface area contributed by atoms with Crippen LogP contribution in [0.1, 0.15) is 24.0 Å². The van der Waals surface area contributed by atoms with Gasteiger partial charge in [-0.05, 0) is 50.2 Å². The van der Waals surface area contributed by atoms with Crippen molar-refractivity contribution in [2.75, 3.05) is 20.1 Å². The van der Waals surface area contributed by atoms with Gasteiger partial charge in [0.2, 0.25) is 0 Å². The second-order valence-corrected chi connectivity index (χ2v) is 5.57. The van der Waals surface area contributed by atoms with Crippen LogP contribution in [-0.4, -0.2) is 31.1 Å². The summed E-state index contributed by atoms with van der Waals surface area (Å²) in [6, 6.07) is 3.91. The maximum absolute atomic E-state index is 12.7. The van der Waals surface area contributed by atoms with Gasteiger partial charge in [0.1, 0.15) is 0 Å². The zero-order valence-electron chi connectivity index (χ0n) is 11.3. The van der Waals surface area contributed by atoms with Crippen molar-refractivity contribution in [1.82, 2.24) is 10.2 Å². The average Bonchev–Trinajstić information content (AvgIpc) is 2.40. The van der Waals surface area contributed by atoms with Crippen LogP contribution in [0.5, 0.6) is 0 Å². The van der Waals surface area contributed by atoms with E-state index in [0.29, 0.717) is 23.2 Å². The Bertz CT molecular complexity index is 462. The van der Waals surface area contributed by atoms with Crippen LogP contribution in [-0.2, 0) is 12.7 Å². The lowest BCUT2D eigenvalue weighted by Crippen LogP contribution is -2.43. The lowest BCUT2D eigenvalue weighted by atomic mass is 10.0. The molecule has 1 unspecified atom stereocenters. The maximum atomic E-state index is 12.7. The molecule has 1 heterocycles. The van der Waals surface area contributed by atoms with Crippen molar-refractivity contribution in [3.05, 3.63) is 34.3 Å². The van der Waals surface area contributed by atoms with Crippen LogP contribution >= 0.6 is 11.6 Å². The summed E-state index contributed by atoms with van der Waals surface area (Å²) in [5, 5.41) is 3.61. The van der Waals surface area contributed by atoms with Crippen molar-refractivity contribution in [2.45, 2.75) is 31.6 Å². The van der Waals surface area contributed by atoms with Crippen LogP contribution in [0.25, 0.3) is 0 Å². The number of halogens is 4. The van der Waals surface area contributed by atoms with Gasteiger partial charge in [-0.15, -0.1) is 0 Å². The molecule has 0 spiro atoms. The first-order valence-electron chi connectivity index (χ1n) is 6.65. The van der Waals surface area contributed by atoms with E-state index in [4.69, 9.17) is 11.6 Å². The number of likely N-dealkylation sites (N-methyl/N-ethyl adjacent to an activating group) is 1. The predicted octanol–water partition coefficient (Wildman–Crippen LogP) is 3.54. The highest BCUT2D eigenvalue weighted by Gasteiger charge is 2.31. The molecule has 0 aliphatic carbocycles. The van der Waals surface area contributed by atoms with Gasteiger partial charge in [-0.1, -0.05) is 11.6 Å². The fourth-order valence-corrected chi connectivity index (χ4v) is 2.73. The van der Waals surface area contributed by atoms with Crippen LogP contribution in [0.4, 0.5) is 13.2 Å². The van der Waals surface area contributed by atoms with E-state index in [0.717, 1.165) is 38.1 Å². The molecule has 2 rings (SSSR count). The van der Waals surface area contributed by atoms with Crippen molar-refractivity contribution in [3.8, 4) is 0 Å². The first-order chi connectivity index (χ1) is 9.40. The molecule has 1 atom stereocenters. The highest BCUT2D eigenvalue weighted by molar-refractivity contribution is 6.31. The highest BCUT2D eigenvalue weighted by Crippen LogP contribution is 2.32. The molecule has 0 aromatic heterocycles. The van der Waals surface area contributed by atoms with Crippen molar-refractivity contribution < 1.29 is 13.2 Å². The summed E-state index contributed by atoms with van der Waals surface area (Å²) in [5.74, 6) is 0. The normalized spacial score (nSPS) is 21.1. The molecule has 1 saturated heterocycles. The molecule has 0 radical (unpaired) electrons. The van der Waals surface area contributed by atoms with Crippen LogP contribution in [0.2, 0.25) is 5.02 Å². The van der Waals surface area contributed by atoms with E-state index in [9.17, 15) is 13.2 Å². The van der Waals surface area contributed by atoms with Crippen LogP contribution in [0, 0.1) is 0 Å². The summed E-state index contributed by atoms with van der Waals surface area (Å²) >= 11 is 6.03. The molecule has 2 nitrogen and oxygen atoms in total. The van der Waals surface area contributed by atoms with Crippen LogP contribution in [0.3, 0.4) is 0 Å². The molecule has 112 valence electrons. The van der Waals surface area contributed by atoms with Gasteiger partial charge in [0.15, 0.2) is 0 Å². The van der Waals surface area contributed by atoms with Gasteiger partial charge in [0.05, 0.1) is 5.56 Å². The molecule has 1 N–H and O–H groups in total.